The maximum atomic E-state index is 9.75. The van der Waals surface area contributed by atoms with Gasteiger partial charge < -0.3 is 27.1 Å². The van der Waals surface area contributed by atoms with Crippen LogP contribution in [0.1, 0.15) is 0 Å². The molecule has 0 amide bonds. The summed E-state index contributed by atoms with van der Waals surface area (Å²) < 4.78 is 39.0. The fourth-order valence-corrected chi connectivity index (χ4v) is 0.691. The van der Waals surface area contributed by atoms with Gasteiger partial charge in [-0.25, -0.2) is 0 Å². The van der Waals surface area contributed by atoms with Gasteiger partial charge in [-0.15, -0.1) is 0 Å². The van der Waals surface area contributed by atoms with Gasteiger partial charge in [0.2, 0.25) is 0 Å². The van der Waals surface area contributed by atoms with Crippen molar-refractivity contribution in [2.45, 2.75) is 0 Å². The highest BCUT2D eigenvalue weighted by Gasteiger charge is 2.20. The first-order valence-electron chi connectivity index (χ1n) is 3.69. The maximum Gasteiger partial charge on any atom is 0.673 e. The molecule has 14 heavy (non-hydrogen) atoms. The second-order valence-electron chi connectivity index (χ2n) is 2.33. The molecule has 80 valence electrons. The van der Waals surface area contributed by atoms with Crippen LogP contribution in [-0.4, -0.2) is 23.7 Å². The molecule has 1 heterocycles. The number of nitrogens with zero attached hydrogens (tertiary/aromatic N) is 2. The van der Waals surface area contributed by atoms with Crippen molar-refractivity contribution in [1.29, 1.82) is 0 Å². The van der Waals surface area contributed by atoms with Gasteiger partial charge in [-0.2, -0.15) is 0 Å². The van der Waals surface area contributed by atoms with Crippen LogP contribution >= 0.6 is 0 Å². The van der Waals surface area contributed by atoms with E-state index in [1.807, 2.05) is 22.2 Å². The standard InChI is InChI=1S/C7H10N2.BF4/c1-3-8-5-6-9(4-2)7-8;2-1(3,4)5/h3-6H,1-2,7H2;/q;-1. The molecular weight excluding hydrogens is 199 g/mol. The molecule has 0 aliphatic carbocycles. The Morgan fingerprint density at radius 2 is 1.29 bits per heavy atom. The quantitative estimate of drug-likeness (QED) is 0.509. The highest BCUT2D eigenvalue weighted by molar-refractivity contribution is 6.50. The van der Waals surface area contributed by atoms with E-state index in [0.29, 0.717) is 0 Å². The first-order chi connectivity index (χ1) is 6.36. The van der Waals surface area contributed by atoms with E-state index in [9.17, 15) is 17.3 Å². The fourth-order valence-electron chi connectivity index (χ4n) is 0.691. The molecule has 0 aromatic carbocycles. The van der Waals surface area contributed by atoms with Gasteiger partial charge >= 0.3 is 7.25 Å². The van der Waals surface area contributed by atoms with Gasteiger partial charge in [0.1, 0.15) is 0 Å². The van der Waals surface area contributed by atoms with Gasteiger partial charge in [-0.1, -0.05) is 13.2 Å². The molecule has 0 unspecified atom stereocenters. The van der Waals surface area contributed by atoms with E-state index >= 15 is 0 Å². The van der Waals surface area contributed by atoms with Crippen LogP contribution in [0.25, 0.3) is 0 Å². The first-order valence-corrected chi connectivity index (χ1v) is 3.69. The summed E-state index contributed by atoms with van der Waals surface area (Å²) in [6.45, 7) is 8.09. The summed E-state index contributed by atoms with van der Waals surface area (Å²) in [7, 11) is -6.00. The Balaban J connectivity index is 0.000000292. The van der Waals surface area contributed by atoms with E-state index in [0.717, 1.165) is 6.67 Å². The molecule has 0 saturated heterocycles. The van der Waals surface area contributed by atoms with E-state index in [-0.39, 0.29) is 0 Å². The zero-order valence-corrected chi connectivity index (χ0v) is 7.41. The minimum Gasteiger partial charge on any atom is -0.418 e. The monoisotopic (exact) mass is 209 g/mol. The van der Waals surface area contributed by atoms with Crippen LogP contribution < -0.4 is 0 Å². The molecule has 7 heteroatoms. The third kappa shape index (κ3) is 7.26. The molecule has 0 radical (unpaired) electrons. The second kappa shape index (κ2) is 5.36. The number of hydrogen-bond donors (Lipinski definition) is 0. The molecule has 0 fully saturated rings. The third-order valence-corrected chi connectivity index (χ3v) is 1.25. The van der Waals surface area contributed by atoms with E-state index in [1.54, 1.807) is 12.4 Å². The summed E-state index contributed by atoms with van der Waals surface area (Å²) in [5, 5.41) is 0. The maximum absolute atomic E-state index is 9.75. The van der Waals surface area contributed by atoms with Gasteiger partial charge in [0.15, 0.2) is 0 Å². The molecule has 1 aliphatic heterocycles. The average molecular weight is 209 g/mol. The lowest BCUT2D eigenvalue weighted by molar-refractivity contribution is 0.368. The lowest BCUT2D eigenvalue weighted by atomic mass is 10.3. The molecule has 0 aromatic rings. The summed E-state index contributed by atoms with van der Waals surface area (Å²) in [4.78, 5) is 3.95. The zero-order valence-electron chi connectivity index (χ0n) is 7.41. The normalized spacial score (nSPS) is 14.9. The summed E-state index contributed by atoms with van der Waals surface area (Å²) >= 11 is 0. The largest absolute Gasteiger partial charge is 0.673 e. The Morgan fingerprint density at radius 3 is 1.43 bits per heavy atom. The predicted molar refractivity (Wildman–Crippen MR) is 48.3 cm³/mol. The van der Waals surface area contributed by atoms with Crippen molar-refractivity contribution in [3.63, 3.8) is 0 Å². The van der Waals surface area contributed by atoms with Crippen LogP contribution in [0.4, 0.5) is 17.3 Å². The molecular formula is C7H10BF4N2-. The Kier molecular flexibility index (Phi) is 4.83. The Hall–Kier alpha value is -1.40. The van der Waals surface area contributed by atoms with E-state index < -0.39 is 7.25 Å². The summed E-state index contributed by atoms with van der Waals surface area (Å²) in [5.41, 5.74) is 0. The van der Waals surface area contributed by atoms with E-state index in [4.69, 9.17) is 0 Å². The minimum atomic E-state index is -6.00. The molecule has 0 saturated carbocycles. The van der Waals surface area contributed by atoms with Crippen LogP contribution in [0, 0.1) is 0 Å². The van der Waals surface area contributed by atoms with Crippen molar-refractivity contribution in [2.24, 2.45) is 0 Å². The van der Waals surface area contributed by atoms with Crippen LogP contribution in [0.5, 0.6) is 0 Å². The summed E-state index contributed by atoms with van der Waals surface area (Å²) in [6.07, 6.45) is 7.46. The van der Waals surface area contributed by atoms with Crippen LogP contribution in [-0.2, 0) is 0 Å². The molecule has 0 atom stereocenters. The molecule has 1 rings (SSSR count). The highest BCUT2D eigenvalue weighted by atomic mass is 19.5. The summed E-state index contributed by atoms with van der Waals surface area (Å²) in [6, 6.07) is 0. The van der Waals surface area contributed by atoms with Crippen molar-refractivity contribution in [1.82, 2.24) is 9.80 Å². The molecule has 0 spiro atoms. The van der Waals surface area contributed by atoms with Crippen LogP contribution in [0.15, 0.2) is 38.0 Å². The fraction of sp³-hybridized carbons (Fsp3) is 0.143. The third-order valence-electron chi connectivity index (χ3n) is 1.25. The minimum absolute atomic E-state index is 0.840. The lowest BCUT2D eigenvalue weighted by Crippen LogP contribution is -2.15. The Labute approximate surface area is 79.9 Å². The number of hydrogen-bond acceptors (Lipinski definition) is 2. The molecule has 0 aromatic heterocycles. The molecule has 1 aliphatic rings. The van der Waals surface area contributed by atoms with Crippen LogP contribution in [0.3, 0.4) is 0 Å². The average Bonchev–Trinajstić information content (AvgIpc) is 2.48. The number of rotatable bonds is 2. The van der Waals surface area contributed by atoms with Crippen molar-refractivity contribution in [3.05, 3.63) is 38.0 Å². The van der Waals surface area contributed by atoms with E-state index in [2.05, 4.69) is 13.2 Å². The van der Waals surface area contributed by atoms with Crippen molar-refractivity contribution >= 4 is 7.25 Å². The van der Waals surface area contributed by atoms with Gasteiger partial charge in [0.25, 0.3) is 0 Å². The van der Waals surface area contributed by atoms with Crippen LogP contribution in [0.2, 0.25) is 0 Å². The first kappa shape index (κ1) is 12.6. The Morgan fingerprint density at radius 1 is 1.00 bits per heavy atom. The van der Waals surface area contributed by atoms with Crippen molar-refractivity contribution < 1.29 is 17.3 Å². The molecule has 2 nitrogen and oxygen atoms in total. The smallest absolute Gasteiger partial charge is 0.418 e. The van der Waals surface area contributed by atoms with Gasteiger partial charge in [0, 0.05) is 12.4 Å². The summed E-state index contributed by atoms with van der Waals surface area (Å²) in [5.74, 6) is 0. The SMILES string of the molecule is C=CN1C=CN(C=C)C1.F[B-](F)(F)F. The number of halogens is 4. The zero-order chi connectivity index (χ0) is 11.2. The predicted octanol–water partition coefficient (Wildman–Crippen LogP) is 2.62. The van der Waals surface area contributed by atoms with Crippen molar-refractivity contribution in [3.8, 4) is 0 Å². The lowest BCUT2D eigenvalue weighted by Gasteiger charge is -2.12. The Bertz CT molecular complexity index is 204. The molecule has 0 N–H and O–H groups in total. The van der Waals surface area contributed by atoms with Gasteiger partial charge in [-0.3, -0.25) is 0 Å². The van der Waals surface area contributed by atoms with Crippen molar-refractivity contribution in [2.75, 3.05) is 6.67 Å². The molecule has 0 bridgehead atoms. The van der Waals surface area contributed by atoms with Gasteiger partial charge in [-0.05, 0) is 12.4 Å². The van der Waals surface area contributed by atoms with Gasteiger partial charge in [0.05, 0.1) is 6.67 Å². The second-order valence-corrected chi connectivity index (χ2v) is 2.33. The topological polar surface area (TPSA) is 6.48 Å². The van der Waals surface area contributed by atoms with E-state index in [1.165, 1.54) is 0 Å². The highest BCUT2D eigenvalue weighted by Crippen LogP contribution is 2.06.